The zero-order chi connectivity index (χ0) is 15.5. The molecule has 0 amide bonds. The first-order valence-electron chi connectivity index (χ1n) is 7.19. The van der Waals surface area contributed by atoms with Gasteiger partial charge in [-0.3, -0.25) is 4.98 Å². The van der Waals surface area contributed by atoms with E-state index in [9.17, 15) is 0 Å². The average molecular weight is 339 g/mol. The van der Waals surface area contributed by atoms with Gasteiger partial charge in [0.05, 0.1) is 10.4 Å². The normalized spacial score (nSPS) is 11.0. The average Bonchev–Trinajstić information content (AvgIpc) is 3.26. The van der Waals surface area contributed by atoms with Crippen LogP contribution in [-0.4, -0.2) is 26.5 Å². The van der Waals surface area contributed by atoms with Gasteiger partial charge >= 0.3 is 0 Å². The molecule has 114 valence electrons. The van der Waals surface area contributed by atoms with Crippen molar-refractivity contribution in [2.24, 2.45) is 0 Å². The summed E-state index contributed by atoms with van der Waals surface area (Å²) in [7, 11) is 0. The standard InChI is InChI=1S/C16H13N5S2/c1-2-6-17-12(3-1)15-20-14(11-5-9-23-16(11)21-15)19-7-4-13-18-8-10-22-13/h1-3,5-6,8-10H,4,7H2,(H,19,20,21). The Bertz CT molecular complexity index is 903. The number of rotatable bonds is 5. The third-order valence-corrected chi connectivity index (χ3v) is 4.98. The zero-order valence-electron chi connectivity index (χ0n) is 12.1. The van der Waals surface area contributed by atoms with Crippen LogP contribution in [0, 0.1) is 0 Å². The van der Waals surface area contributed by atoms with Crippen LogP contribution in [0.1, 0.15) is 5.01 Å². The Labute approximate surface area is 141 Å². The Morgan fingerprint density at radius 1 is 0.957 bits per heavy atom. The SMILES string of the molecule is c1ccc(-c2nc(NCCc3nccs3)c3ccsc3n2)nc1. The Kier molecular flexibility index (Phi) is 3.95. The summed E-state index contributed by atoms with van der Waals surface area (Å²) < 4.78 is 0. The summed E-state index contributed by atoms with van der Waals surface area (Å²) in [5.74, 6) is 1.51. The summed E-state index contributed by atoms with van der Waals surface area (Å²) in [4.78, 5) is 18.9. The number of thiophene rings is 1. The van der Waals surface area contributed by atoms with Gasteiger partial charge in [-0.15, -0.1) is 22.7 Å². The second-order valence-corrected chi connectivity index (χ2v) is 6.73. The number of thiazole rings is 1. The van der Waals surface area contributed by atoms with Gasteiger partial charge in [0.25, 0.3) is 0 Å². The van der Waals surface area contributed by atoms with E-state index < -0.39 is 0 Å². The molecule has 0 saturated carbocycles. The Morgan fingerprint density at radius 3 is 2.78 bits per heavy atom. The number of nitrogens with one attached hydrogen (secondary N) is 1. The van der Waals surface area contributed by atoms with E-state index in [1.54, 1.807) is 28.9 Å². The molecule has 0 radical (unpaired) electrons. The highest BCUT2D eigenvalue weighted by atomic mass is 32.1. The van der Waals surface area contributed by atoms with Crippen LogP contribution in [0.25, 0.3) is 21.7 Å². The first-order chi connectivity index (χ1) is 11.4. The summed E-state index contributed by atoms with van der Waals surface area (Å²) in [6.45, 7) is 0.789. The van der Waals surface area contributed by atoms with Crippen LogP contribution in [-0.2, 0) is 6.42 Å². The van der Waals surface area contributed by atoms with E-state index in [2.05, 4.69) is 25.3 Å². The van der Waals surface area contributed by atoms with Gasteiger partial charge in [0.2, 0.25) is 0 Å². The number of anilines is 1. The lowest BCUT2D eigenvalue weighted by atomic mass is 10.3. The van der Waals surface area contributed by atoms with Gasteiger partial charge < -0.3 is 5.32 Å². The summed E-state index contributed by atoms with van der Waals surface area (Å²) >= 11 is 3.28. The number of nitrogens with zero attached hydrogens (tertiary/aromatic N) is 4. The van der Waals surface area contributed by atoms with E-state index in [0.29, 0.717) is 5.82 Å². The minimum Gasteiger partial charge on any atom is -0.369 e. The quantitative estimate of drug-likeness (QED) is 0.598. The molecule has 4 aromatic heterocycles. The van der Waals surface area contributed by atoms with E-state index in [4.69, 9.17) is 0 Å². The van der Waals surface area contributed by atoms with E-state index in [1.165, 1.54) is 0 Å². The maximum absolute atomic E-state index is 4.67. The van der Waals surface area contributed by atoms with Crippen molar-refractivity contribution in [1.82, 2.24) is 19.9 Å². The second kappa shape index (κ2) is 6.39. The van der Waals surface area contributed by atoms with E-state index in [1.807, 2.05) is 41.2 Å². The van der Waals surface area contributed by atoms with Crippen molar-refractivity contribution in [1.29, 1.82) is 0 Å². The second-order valence-electron chi connectivity index (χ2n) is 4.85. The third-order valence-electron chi connectivity index (χ3n) is 3.33. The van der Waals surface area contributed by atoms with E-state index in [-0.39, 0.29) is 0 Å². The maximum atomic E-state index is 4.67. The number of hydrogen-bond donors (Lipinski definition) is 1. The fraction of sp³-hybridized carbons (Fsp3) is 0.125. The summed E-state index contributed by atoms with van der Waals surface area (Å²) in [5.41, 5.74) is 0.783. The van der Waals surface area contributed by atoms with Crippen molar-refractivity contribution >= 4 is 38.7 Å². The predicted octanol–water partition coefficient (Wildman–Crippen LogP) is 3.86. The van der Waals surface area contributed by atoms with Gasteiger partial charge in [-0.25, -0.2) is 15.0 Å². The first-order valence-corrected chi connectivity index (χ1v) is 8.95. The molecule has 1 N–H and O–H groups in total. The minimum absolute atomic E-state index is 0.650. The number of hydrogen-bond acceptors (Lipinski definition) is 7. The lowest BCUT2D eigenvalue weighted by Gasteiger charge is -2.08. The molecule has 0 bridgehead atoms. The molecule has 0 unspecified atom stereocenters. The molecule has 4 heterocycles. The highest BCUT2D eigenvalue weighted by Gasteiger charge is 2.11. The third kappa shape index (κ3) is 3.06. The summed E-state index contributed by atoms with van der Waals surface area (Å²) in [5, 5.41) is 9.62. The zero-order valence-corrected chi connectivity index (χ0v) is 13.8. The molecule has 0 atom stereocenters. The minimum atomic E-state index is 0.650. The van der Waals surface area contributed by atoms with Crippen molar-refractivity contribution in [2.45, 2.75) is 6.42 Å². The van der Waals surface area contributed by atoms with Crippen LogP contribution in [0.2, 0.25) is 0 Å². The molecule has 0 aliphatic carbocycles. The fourth-order valence-corrected chi connectivity index (χ4v) is 3.65. The molecule has 4 rings (SSSR count). The van der Waals surface area contributed by atoms with Crippen LogP contribution in [0.15, 0.2) is 47.4 Å². The molecule has 5 nitrogen and oxygen atoms in total. The fourth-order valence-electron chi connectivity index (χ4n) is 2.26. The molecular formula is C16H13N5S2. The predicted molar refractivity (Wildman–Crippen MR) is 95.0 cm³/mol. The number of fused-ring (bicyclic) bond motifs is 1. The molecule has 0 aliphatic rings. The Balaban J connectivity index is 1.63. The smallest absolute Gasteiger partial charge is 0.181 e. The lowest BCUT2D eigenvalue weighted by Crippen LogP contribution is -2.07. The molecule has 0 saturated heterocycles. The maximum Gasteiger partial charge on any atom is 0.181 e. The van der Waals surface area contributed by atoms with Gasteiger partial charge in [-0.2, -0.15) is 0 Å². The van der Waals surface area contributed by atoms with Crippen molar-refractivity contribution in [3.8, 4) is 11.5 Å². The number of pyridine rings is 1. The van der Waals surface area contributed by atoms with Crippen molar-refractivity contribution < 1.29 is 0 Å². The van der Waals surface area contributed by atoms with Crippen LogP contribution in [0.4, 0.5) is 5.82 Å². The van der Waals surface area contributed by atoms with Crippen molar-refractivity contribution in [3.63, 3.8) is 0 Å². The monoisotopic (exact) mass is 339 g/mol. The highest BCUT2D eigenvalue weighted by Crippen LogP contribution is 2.27. The van der Waals surface area contributed by atoms with Gasteiger partial charge in [-0.1, -0.05) is 6.07 Å². The molecular weight excluding hydrogens is 326 g/mol. The van der Waals surface area contributed by atoms with Crippen LogP contribution < -0.4 is 5.32 Å². The highest BCUT2D eigenvalue weighted by molar-refractivity contribution is 7.16. The van der Waals surface area contributed by atoms with Gasteiger partial charge in [0.1, 0.15) is 16.3 Å². The summed E-state index contributed by atoms with van der Waals surface area (Å²) in [6.07, 6.45) is 4.47. The Morgan fingerprint density at radius 2 is 1.96 bits per heavy atom. The van der Waals surface area contributed by atoms with Crippen LogP contribution in [0.3, 0.4) is 0 Å². The van der Waals surface area contributed by atoms with Gasteiger partial charge in [0.15, 0.2) is 5.82 Å². The van der Waals surface area contributed by atoms with E-state index in [0.717, 1.165) is 39.7 Å². The van der Waals surface area contributed by atoms with Crippen LogP contribution in [0.5, 0.6) is 0 Å². The lowest BCUT2D eigenvalue weighted by molar-refractivity contribution is 0.988. The van der Waals surface area contributed by atoms with E-state index >= 15 is 0 Å². The van der Waals surface area contributed by atoms with Crippen LogP contribution >= 0.6 is 22.7 Å². The van der Waals surface area contributed by atoms with Gasteiger partial charge in [0, 0.05) is 30.7 Å². The summed E-state index contributed by atoms with van der Waals surface area (Å²) in [6, 6.07) is 7.81. The first kappa shape index (κ1) is 14.2. The topological polar surface area (TPSA) is 63.6 Å². The number of aromatic nitrogens is 4. The molecule has 7 heteroatoms. The molecule has 4 aromatic rings. The largest absolute Gasteiger partial charge is 0.369 e. The van der Waals surface area contributed by atoms with Gasteiger partial charge in [-0.05, 0) is 23.6 Å². The van der Waals surface area contributed by atoms with Crippen molar-refractivity contribution in [3.05, 3.63) is 52.4 Å². The molecule has 0 aliphatic heterocycles. The van der Waals surface area contributed by atoms with Crippen molar-refractivity contribution in [2.75, 3.05) is 11.9 Å². The molecule has 23 heavy (non-hydrogen) atoms. The molecule has 0 spiro atoms. The Hall–Kier alpha value is -2.38. The molecule has 0 aromatic carbocycles. The molecule has 0 fully saturated rings.